The summed E-state index contributed by atoms with van der Waals surface area (Å²) in [4.78, 5) is 3.25. The molecule has 0 amide bonds. The maximum absolute atomic E-state index is 8.34. The lowest BCUT2D eigenvalue weighted by molar-refractivity contribution is 0.478. The third-order valence-electron chi connectivity index (χ3n) is 1.07. The average molecular weight is 205 g/mol. The van der Waals surface area contributed by atoms with Gasteiger partial charge in [-0.25, -0.2) is 0 Å². The molecule has 0 fully saturated rings. The molecular weight excluding hydrogens is 196 g/mol. The normalized spacial score (nSPS) is 7.20. The van der Waals surface area contributed by atoms with E-state index in [2.05, 4.69) is 0 Å². The molecule has 0 atom stereocenters. The zero-order chi connectivity index (χ0) is 11.9. The lowest BCUT2D eigenvalue weighted by atomic mass is 10.2. The first-order valence-corrected chi connectivity index (χ1v) is 3.61. The maximum atomic E-state index is 8.34. The largest absolute Gasteiger partial charge is 0.516 e. The predicted octanol–water partition coefficient (Wildman–Crippen LogP) is 3.96. The summed E-state index contributed by atoms with van der Waals surface area (Å²) in [5.74, 6) is 0. The molecule has 0 spiro atoms. The van der Waals surface area contributed by atoms with Crippen molar-refractivity contribution in [2.75, 3.05) is 0 Å². The highest BCUT2D eigenvalue weighted by atomic mass is 16.2. The van der Waals surface area contributed by atoms with Crippen molar-refractivity contribution in [3.63, 3.8) is 0 Å². The molecule has 1 aromatic rings. The van der Waals surface area contributed by atoms with Crippen molar-refractivity contribution in [2.24, 2.45) is 0 Å². The summed E-state index contributed by atoms with van der Waals surface area (Å²) < 4.78 is 0. The van der Waals surface area contributed by atoms with Crippen LogP contribution in [0.15, 0.2) is 36.6 Å². The number of nitrogens with one attached hydrogen (secondary N) is 1. The lowest BCUT2D eigenvalue weighted by Gasteiger charge is -1.86. The zero-order valence-electron chi connectivity index (χ0n) is 7.72. The molecule has 2 N–H and O–H groups in total. The lowest BCUT2D eigenvalue weighted by Crippen LogP contribution is -1.66. The molecule has 0 radical (unpaired) electrons. The molecule has 0 aliphatic heterocycles. The Bertz CT molecular complexity index is 323. The van der Waals surface area contributed by atoms with Crippen LogP contribution >= 0.6 is 0 Å². The van der Waals surface area contributed by atoms with Crippen LogP contribution in [0.5, 0.6) is 0 Å². The zero-order valence-corrected chi connectivity index (χ0v) is 7.72. The minimum Gasteiger partial charge on any atom is -0.516 e. The van der Waals surface area contributed by atoms with Crippen molar-refractivity contribution >= 4 is 6.08 Å². The Balaban J connectivity index is 0. The Kier molecular flexibility index (Phi) is 13.8. The van der Waals surface area contributed by atoms with Crippen LogP contribution in [0.3, 0.4) is 0 Å². The van der Waals surface area contributed by atoms with E-state index in [0.717, 1.165) is 11.8 Å². The minimum absolute atomic E-state index is 1.01. The van der Waals surface area contributed by atoms with Gasteiger partial charge in [0.1, 0.15) is 0 Å². The first-order chi connectivity index (χ1) is 7.26. The van der Waals surface area contributed by atoms with E-state index in [-0.39, 0.29) is 0 Å². The van der Waals surface area contributed by atoms with E-state index in [1.807, 2.05) is 30.3 Å². The molecule has 0 saturated carbocycles. The Morgan fingerprint density at radius 2 is 1.53 bits per heavy atom. The van der Waals surface area contributed by atoms with Crippen molar-refractivity contribution in [1.29, 1.82) is 5.53 Å². The second-order valence-corrected chi connectivity index (χ2v) is 1.92. The van der Waals surface area contributed by atoms with Crippen molar-refractivity contribution in [1.82, 2.24) is 0 Å². The molecular formula is C8H9N6O-. The molecule has 0 saturated heterocycles. The number of aliphatic hydroxyl groups is 1. The SMILES string of the molecule is OC=Cc1ccccc1.[N-]=[N+]=N.[N-]=[N+]=[N-]. The molecule has 0 aromatic heterocycles. The molecule has 1 rings (SSSR count). The fourth-order valence-electron chi connectivity index (χ4n) is 0.650. The highest BCUT2D eigenvalue weighted by Crippen LogP contribution is 1.98. The Labute approximate surface area is 86.1 Å². The number of hydrogen-bond acceptors (Lipinski definition) is 2. The van der Waals surface area contributed by atoms with Crippen LogP contribution in [0.4, 0.5) is 0 Å². The number of benzene rings is 1. The summed E-state index contributed by atoms with van der Waals surface area (Å²) >= 11 is 0. The molecule has 0 unspecified atom stereocenters. The summed E-state index contributed by atoms with van der Waals surface area (Å²) in [6.45, 7) is 0. The van der Waals surface area contributed by atoms with Gasteiger partial charge in [-0.1, -0.05) is 30.3 Å². The third kappa shape index (κ3) is 14.3. The van der Waals surface area contributed by atoms with Gasteiger partial charge in [-0.2, -0.15) is 0 Å². The van der Waals surface area contributed by atoms with Gasteiger partial charge in [-0.05, 0) is 22.1 Å². The van der Waals surface area contributed by atoms with Gasteiger partial charge in [0.2, 0.25) is 0 Å². The number of hydrogen-bond donors (Lipinski definition) is 2. The maximum Gasteiger partial charge on any atom is 0.0797 e. The van der Waals surface area contributed by atoms with Gasteiger partial charge in [0.25, 0.3) is 0 Å². The molecule has 0 aliphatic carbocycles. The summed E-state index contributed by atoms with van der Waals surface area (Å²) in [6.07, 6.45) is 2.68. The molecule has 15 heavy (non-hydrogen) atoms. The summed E-state index contributed by atoms with van der Waals surface area (Å²) in [7, 11) is 0. The van der Waals surface area contributed by atoms with Crippen LogP contribution < -0.4 is 0 Å². The quantitative estimate of drug-likeness (QED) is 0.304. The van der Waals surface area contributed by atoms with E-state index in [9.17, 15) is 0 Å². The number of aliphatic hydroxyl groups excluding tert-OH is 1. The van der Waals surface area contributed by atoms with Crippen molar-refractivity contribution in [3.8, 4) is 0 Å². The van der Waals surface area contributed by atoms with Crippen LogP contribution in [0.2, 0.25) is 0 Å². The molecule has 0 aliphatic rings. The van der Waals surface area contributed by atoms with Gasteiger partial charge in [0.05, 0.1) is 6.26 Å². The van der Waals surface area contributed by atoms with E-state index in [1.54, 1.807) is 11.0 Å². The second-order valence-electron chi connectivity index (χ2n) is 1.92. The summed E-state index contributed by atoms with van der Waals surface area (Å²) in [5, 5.41) is 8.34. The Morgan fingerprint density at radius 3 is 1.87 bits per heavy atom. The van der Waals surface area contributed by atoms with Gasteiger partial charge in [-0.3, -0.25) is 4.91 Å². The van der Waals surface area contributed by atoms with Crippen LogP contribution in [0, 0.1) is 5.53 Å². The smallest absolute Gasteiger partial charge is 0.0797 e. The van der Waals surface area contributed by atoms with Crippen LogP contribution in [0.1, 0.15) is 5.56 Å². The Hall–Kier alpha value is -2.62. The van der Waals surface area contributed by atoms with E-state index >= 15 is 0 Å². The fraction of sp³-hybridized carbons (Fsp3) is 0. The monoisotopic (exact) mass is 205 g/mol. The van der Waals surface area contributed by atoms with E-state index in [4.69, 9.17) is 27.2 Å². The third-order valence-corrected chi connectivity index (χ3v) is 1.07. The first-order valence-electron chi connectivity index (χ1n) is 3.61. The molecule has 0 heterocycles. The molecule has 7 heteroatoms. The van der Waals surface area contributed by atoms with Gasteiger partial charge in [0.15, 0.2) is 0 Å². The molecule has 7 nitrogen and oxygen atoms in total. The average Bonchev–Trinajstić information content (AvgIpc) is 2.22. The standard InChI is InChI=1S/C8H8O.HN3.N3/c9-7-6-8-4-2-1-3-5-8;2*1-3-2/h1-7,9H;1H;/q;;-1. The van der Waals surface area contributed by atoms with Crippen LogP contribution in [-0.2, 0) is 0 Å². The minimum atomic E-state index is 1.01. The van der Waals surface area contributed by atoms with Gasteiger partial charge < -0.3 is 16.2 Å². The van der Waals surface area contributed by atoms with Gasteiger partial charge >= 0.3 is 0 Å². The van der Waals surface area contributed by atoms with Crippen molar-refractivity contribution < 1.29 is 5.11 Å². The van der Waals surface area contributed by atoms with E-state index in [1.165, 1.54) is 4.91 Å². The van der Waals surface area contributed by atoms with Crippen molar-refractivity contribution in [3.05, 3.63) is 68.6 Å². The molecule has 0 bridgehead atoms. The number of nitrogens with zero attached hydrogens (tertiary/aromatic N) is 5. The summed E-state index contributed by atoms with van der Waals surface area (Å²) in [6, 6.07) is 9.64. The van der Waals surface area contributed by atoms with Gasteiger partial charge in [-0.15, -0.1) is 5.53 Å². The second kappa shape index (κ2) is 13.9. The Morgan fingerprint density at radius 1 is 1.13 bits per heavy atom. The summed E-state index contributed by atoms with van der Waals surface area (Å²) in [5.41, 5.74) is 26.8. The topological polar surface area (TPSA) is 139 Å². The molecule has 1 aromatic carbocycles. The van der Waals surface area contributed by atoms with Crippen molar-refractivity contribution in [2.45, 2.75) is 0 Å². The number of rotatable bonds is 1. The highest BCUT2D eigenvalue weighted by Gasteiger charge is 1.78. The predicted molar refractivity (Wildman–Crippen MR) is 57.6 cm³/mol. The van der Waals surface area contributed by atoms with Crippen LogP contribution in [-0.4, -0.2) is 5.11 Å². The fourth-order valence-corrected chi connectivity index (χ4v) is 0.650. The highest BCUT2D eigenvalue weighted by molar-refractivity contribution is 5.47. The first kappa shape index (κ1) is 14.9. The van der Waals surface area contributed by atoms with E-state index < -0.39 is 0 Å². The molecule has 78 valence electrons. The van der Waals surface area contributed by atoms with E-state index in [0.29, 0.717) is 0 Å². The van der Waals surface area contributed by atoms with Crippen LogP contribution in [0.25, 0.3) is 32.5 Å². The van der Waals surface area contributed by atoms with Gasteiger partial charge in [0, 0.05) is 0 Å².